The number of carbonyl (C=O) groups excluding carboxylic acids is 2. The van der Waals surface area contributed by atoms with Crippen molar-refractivity contribution in [3.63, 3.8) is 0 Å². The number of methoxy groups -OCH3 is 1. The summed E-state index contributed by atoms with van der Waals surface area (Å²) in [5, 5.41) is 0. The van der Waals surface area contributed by atoms with Crippen molar-refractivity contribution in [2.24, 2.45) is 0 Å². The zero-order chi connectivity index (χ0) is 17.5. The van der Waals surface area contributed by atoms with Crippen LogP contribution in [-0.2, 0) is 4.79 Å². The quantitative estimate of drug-likeness (QED) is 0.831. The molecule has 0 aromatic heterocycles. The van der Waals surface area contributed by atoms with Gasteiger partial charge in [0.2, 0.25) is 5.91 Å². The average Bonchev–Trinajstić information content (AvgIpc) is 2.85. The van der Waals surface area contributed by atoms with E-state index < -0.39 is 5.82 Å². The molecule has 0 spiro atoms. The van der Waals surface area contributed by atoms with E-state index in [9.17, 15) is 14.0 Å². The molecule has 24 heavy (non-hydrogen) atoms. The summed E-state index contributed by atoms with van der Waals surface area (Å²) in [5.74, 6) is -0.212. The van der Waals surface area contributed by atoms with Gasteiger partial charge in [0.1, 0.15) is 11.6 Å². The van der Waals surface area contributed by atoms with E-state index >= 15 is 0 Å². The van der Waals surface area contributed by atoms with E-state index in [2.05, 4.69) is 6.92 Å². The molecule has 1 heterocycles. The van der Waals surface area contributed by atoms with Gasteiger partial charge in [0, 0.05) is 32.6 Å². The van der Waals surface area contributed by atoms with Crippen molar-refractivity contribution in [1.82, 2.24) is 9.80 Å². The fourth-order valence-electron chi connectivity index (χ4n) is 2.87. The van der Waals surface area contributed by atoms with Gasteiger partial charge in [0.05, 0.1) is 12.7 Å². The number of nitrogens with zero attached hydrogens (tertiary/aromatic N) is 2. The van der Waals surface area contributed by atoms with Crippen LogP contribution < -0.4 is 4.74 Å². The monoisotopic (exact) mass is 336 g/mol. The van der Waals surface area contributed by atoms with Crippen LogP contribution in [0.4, 0.5) is 4.39 Å². The maximum Gasteiger partial charge on any atom is 0.257 e. The maximum atomic E-state index is 13.5. The van der Waals surface area contributed by atoms with Crippen molar-refractivity contribution in [3.05, 3.63) is 29.6 Å². The van der Waals surface area contributed by atoms with Gasteiger partial charge in [-0.3, -0.25) is 9.59 Å². The molecule has 1 fully saturated rings. The molecule has 5 nitrogen and oxygen atoms in total. The van der Waals surface area contributed by atoms with Gasteiger partial charge in [-0.2, -0.15) is 0 Å². The minimum Gasteiger partial charge on any atom is -0.496 e. The van der Waals surface area contributed by atoms with Gasteiger partial charge >= 0.3 is 0 Å². The van der Waals surface area contributed by atoms with Crippen molar-refractivity contribution < 1.29 is 18.7 Å². The van der Waals surface area contributed by atoms with E-state index in [1.807, 2.05) is 4.90 Å². The molecule has 0 unspecified atom stereocenters. The van der Waals surface area contributed by atoms with Crippen LogP contribution in [0.3, 0.4) is 0 Å². The van der Waals surface area contributed by atoms with Crippen LogP contribution in [0, 0.1) is 5.82 Å². The summed E-state index contributed by atoms with van der Waals surface area (Å²) in [6.07, 6.45) is 3.16. The maximum absolute atomic E-state index is 13.5. The number of hydrogen-bond donors (Lipinski definition) is 0. The van der Waals surface area contributed by atoms with E-state index in [0.29, 0.717) is 38.3 Å². The number of benzene rings is 1. The van der Waals surface area contributed by atoms with Crippen LogP contribution in [0.15, 0.2) is 18.2 Å². The topological polar surface area (TPSA) is 49.9 Å². The first-order chi connectivity index (χ1) is 11.6. The summed E-state index contributed by atoms with van der Waals surface area (Å²) in [6, 6.07) is 3.93. The lowest BCUT2D eigenvalue weighted by atomic mass is 10.1. The minimum atomic E-state index is -0.467. The van der Waals surface area contributed by atoms with Crippen molar-refractivity contribution in [1.29, 1.82) is 0 Å². The van der Waals surface area contributed by atoms with Crippen LogP contribution in [0.5, 0.6) is 5.75 Å². The van der Waals surface area contributed by atoms with E-state index in [-0.39, 0.29) is 17.4 Å². The van der Waals surface area contributed by atoms with Gasteiger partial charge in [-0.15, -0.1) is 0 Å². The number of halogens is 1. The summed E-state index contributed by atoms with van der Waals surface area (Å²) in [5.41, 5.74) is 0.225. The largest absolute Gasteiger partial charge is 0.496 e. The molecule has 0 atom stereocenters. The SMILES string of the molecule is CCCCC(=O)N1CCCN(C(=O)c2cc(F)ccc2OC)CC1. The fourth-order valence-corrected chi connectivity index (χ4v) is 2.87. The standard InChI is InChI=1S/C18H25FN2O3/c1-3-4-6-17(22)20-9-5-10-21(12-11-20)18(23)15-13-14(19)7-8-16(15)24-2/h7-8,13H,3-6,9-12H2,1-2H3. The predicted octanol–water partition coefficient (Wildman–Crippen LogP) is 2.70. The summed E-state index contributed by atoms with van der Waals surface area (Å²) in [6.45, 7) is 4.24. The van der Waals surface area contributed by atoms with Gasteiger partial charge in [0.15, 0.2) is 0 Å². The first kappa shape index (κ1) is 18.2. The lowest BCUT2D eigenvalue weighted by Gasteiger charge is -2.23. The van der Waals surface area contributed by atoms with Gasteiger partial charge in [-0.05, 0) is 31.0 Å². The first-order valence-electron chi connectivity index (χ1n) is 8.47. The smallest absolute Gasteiger partial charge is 0.257 e. The Morgan fingerprint density at radius 1 is 1.17 bits per heavy atom. The van der Waals surface area contributed by atoms with Gasteiger partial charge < -0.3 is 14.5 Å². The van der Waals surface area contributed by atoms with Gasteiger partial charge in [-0.25, -0.2) is 4.39 Å². The van der Waals surface area contributed by atoms with E-state index in [4.69, 9.17) is 4.74 Å². The highest BCUT2D eigenvalue weighted by atomic mass is 19.1. The molecule has 0 radical (unpaired) electrons. The molecule has 2 rings (SSSR count). The fraction of sp³-hybridized carbons (Fsp3) is 0.556. The number of rotatable bonds is 5. The number of carbonyl (C=O) groups is 2. The molecule has 1 aromatic carbocycles. The number of hydrogen-bond acceptors (Lipinski definition) is 3. The molecule has 1 saturated heterocycles. The second-order valence-corrected chi connectivity index (χ2v) is 5.97. The third kappa shape index (κ3) is 4.46. The molecule has 6 heteroatoms. The number of ether oxygens (including phenoxy) is 1. The molecular weight excluding hydrogens is 311 g/mol. The molecule has 0 saturated carbocycles. The molecule has 1 aromatic rings. The molecule has 2 amide bonds. The van der Waals surface area contributed by atoms with Crippen molar-refractivity contribution in [3.8, 4) is 5.75 Å². The number of amides is 2. The van der Waals surface area contributed by atoms with Crippen molar-refractivity contribution >= 4 is 11.8 Å². The molecule has 0 aliphatic carbocycles. The highest BCUT2D eigenvalue weighted by Crippen LogP contribution is 2.22. The Hall–Kier alpha value is -2.11. The first-order valence-corrected chi connectivity index (χ1v) is 8.47. The summed E-state index contributed by atoms with van der Waals surface area (Å²) >= 11 is 0. The summed E-state index contributed by atoms with van der Waals surface area (Å²) < 4.78 is 18.7. The Labute approximate surface area is 142 Å². The Kier molecular flexibility index (Phi) is 6.58. The minimum absolute atomic E-state index is 0.148. The molecule has 132 valence electrons. The van der Waals surface area contributed by atoms with Crippen LogP contribution in [0.1, 0.15) is 43.0 Å². The number of unbranched alkanes of at least 4 members (excludes halogenated alkanes) is 1. The van der Waals surface area contributed by atoms with Gasteiger partial charge in [0.25, 0.3) is 5.91 Å². The Balaban J connectivity index is 2.04. The third-order valence-electron chi connectivity index (χ3n) is 4.27. The van der Waals surface area contributed by atoms with Crippen molar-refractivity contribution in [2.75, 3.05) is 33.3 Å². The second-order valence-electron chi connectivity index (χ2n) is 5.97. The third-order valence-corrected chi connectivity index (χ3v) is 4.27. The Morgan fingerprint density at radius 2 is 1.88 bits per heavy atom. The van der Waals surface area contributed by atoms with E-state index in [1.54, 1.807) is 4.90 Å². The Bertz CT molecular complexity index is 592. The predicted molar refractivity (Wildman–Crippen MR) is 89.6 cm³/mol. The second kappa shape index (κ2) is 8.66. The van der Waals surface area contributed by atoms with Crippen LogP contribution in [0.2, 0.25) is 0 Å². The van der Waals surface area contributed by atoms with Gasteiger partial charge in [-0.1, -0.05) is 13.3 Å². The zero-order valence-electron chi connectivity index (χ0n) is 14.4. The lowest BCUT2D eigenvalue weighted by molar-refractivity contribution is -0.131. The van der Waals surface area contributed by atoms with E-state index in [0.717, 1.165) is 19.3 Å². The van der Waals surface area contributed by atoms with Crippen molar-refractivity contribution in [2.45, 2.75) is 32.6 Å². The molecular formula is C18H25FN2O3. The van der Waals surface area contributed by atoms with E-state index in [1.165, 1.54) is 25.3 Å². The van der Waals surface area contributed by atoms with Crippen LogP contribution in [0.25, 0.3) is 0 Å². The average molecular weight is 336 g/mol. The Morgan fingerprint density at radius 3 is 2.58 bits per heavy atom. The zero-order valence-corrected chi connectivity index (χ0v) is 14.4. The molecule has 1 aliphatic heterocycles. The molecule has 0 N–H and O–H groups in total. The van der Waals surface area contributed by atoms with Crippen LogP contribution in [-0.4, -0.2) is 54.9 Å². The highest BCUT2D eigenvalue weighted by molar-refractivity contribution is 5.97. The van der Waals surface area contributed by atoms with Crippen LogP contribution >= 0.6 is 0 Å². The lowest BCUT2D eigenvalue weighted by Crippen LogP contribution is -2.37. The summed E-state index contributed by atoms with van der Waals surface area (Å²) in [7, 11) is 1.46. The normalized spacial score (nSPS) is 15.1. The molecule has 0 bridgehead atoms. The summed E-state index contributed by atoms with van der Waals surface area (Å²) in [4.78, 5) is 28.4. The molecule has 1 aliphatic rings. The highest BCUT2D eigenvalue weighted by Gasteiger charge is 2.24.